The van der Waals surface area contributed by atoms with Crippen LogP contribution in [0.1, 0.15) is 41.3 Å². The largest absolute Gasteiger partial charge is 0.379 e. The van der Waals surface area contributed by atoms with Gasteiger partial charge in [0.15, 0.2) is 0 Å². The molecule has 5 nitrogen and oxygen atoms in total. The summed E-state index contributed by atoms with van der Waals surface area (Å²) in [6.07, 6.45) is 2.31. The zero-order valence-electron chi connectivity index (χ0n) is 15.2. The molecule has 1 aliphatic carbocycles. The molecule has 2 aromatic rings. The summed E-state index contributed by atoms with van der Waals surface area (Å²) in [4.78, 5) is 12.4. The highest BCUT2D eigenvalue weighted by Gasteiger charge is 2.29. The van der Waals surface area contributed by atoms with Gasteiger partial charge in [0.05, 0.1) is 0 Å². The average molecular weight is 373 g/mol. The summed E-state index contributed by atoms with van der Waals surface area (Å²) in [5.74, 6) is 0.593. The predicted molar refractivity (Wildman–Crippen MR) is 99.8 cm³/mol. The van der Waals surface area contributed by atoms with Gasteiger partial charge in [0.1, 0.15) is 10.6 Å². The highest BCUT2D eigenvalue weighted by Crippen LogP contribution is 2.32. The molecule has 6 heteroatoms. The van der Waals surface area contributed by atoms with Crippen LogP contribution in [0.2, 0.25) is 0 Å². The lowest BCUT2D eigenvalue weighted by Crippen LogP contribution is -2.33. The maximum atomic E-state index is 12.5. The van der Waals surface area contributed by atoms with Crippen molar-refractivity contribution in [1.82, 2.24) is 5.32 Å². The predicted octanol–water partition coefficient (Wildman–Crippen LogP) is 3.60. The summed E-state index contributed by atoms with van der Waals surface area (Å²) in [7, 11) is -3.92. The summed E-state index contributed by atoms with van der Waals surface area (Å²) in [6.45, 7) is 5.56. The van der Waals surface area contributed by atoms with Crippen LogP contribution in [0, 0.1) is 19.8 Å². The minimum absolute atomic E-state index is 0.151. The first kappa shape index (κ1) is 18.5. The number of aryl methyl sites for hydroxylation is 2. The monoisotopic (exact) mass is 373 g/mol. The lowest BCUT2D eigenvalue weighted by Gasteiger charge is -2.13. The molecule has 0 bridgehead atoms. The molecule has 0 radical (unpaired) electrons. The number of carbonyl (C=O) groups is 1. The SMILES string of the molecule is Cc1ccc(C)c(S(=O)(=O)Oc2ccc(C(=O)NC(C)C3CC3)cc2)c1. The molecule has 0 saturated heterocycles. The first-order valence-electron chi connectivity index (χ1n) is 8.69. The second-order valence-corrected chi connectivity index (χ2v) is 8.45. The van der Waals surface area contributed by atoms with Crippen molar-refractivity contribution >= 4 is 16.0 Å². The Morgan fingerprint density at radius 1 is 1.12 bits per heavy atom. The number of carbonyl (C=O) groups excluding carboxylic acids is 1. The van der Waals surface area contributed by atoms with E-state index in [9.17, 15) is 13.2 Å². The van der Waals surface area contributed by atoms with Crippen LogP contribution in [-0.2, 0) is 10.1 Å². The molecular formula is C20H23NO4S. The number of benzene rings is 2. The third kappa shape index (κ3) is 4.25. The Balaban J connectivity index is 1.72. The highest BCUT2D eigenvalue weighted by molar-refractivity contribution is 7.87. The molecule has 0 spiro atoms. The second kappa shape index (κ2) is 7.11. The summed E-state index contributed by atoms with van der Waals surface area (Å²) in [6, 6.07) is 11.5. The highest BCUT2D eigenvalue weighted by atomic mass is 32.2. The second-order valence-electron chi connectivity index (χ2n) is 6.93. The Bertz CT molecular complexity index is 915. The smallest absolute Gasteiger partial charge is 0.339 e. The summed E-state index contributed by atoms with van der Waals surface area (Å²) < 4.78 is 30.3. The molecule has 138 valence electrons. The van der Waals surface area contributed by atoms with E-state index in [1.54, 1.807) is 31.2 Å². The van der Waals surface area contributed by atoms with E-state index in [-0.39, 0.29) is 22.6 Å². The summed E-state index contributed by atoms with van der Waals surface area (Å²) >= 11 is 0. The molecule has 1 unspecified atom stereocenters. The number of nitrogens with one attached hydrogen (secondary N) is 1. The van der Waals surface area contributed by atoms with Gasteiger partial charge in [-0.1, -0.05) is 12.1 Å². The fourth-order valence-electron chi connectivity index (χ4n) is 2.81. The fourth-order valence-corrected chi connectivity index (χ4v) is 4.06. The normalized spacial score (nSPS) is 15.3. The van der Waals surface area contributed by atoms with Crippen LogP contribution in [0.5, 0.6) is 5.75 Å². The summed E-state index contributed by atoms with van der Waals surface area (Å²) in [5.41, 5.74) is 1.95. The minimum Gasteiger partial charge on any atom is -0.379 e. The molecule has 26 heavy (non-hydrogen) atoms. The Kier molecular flexibility index (Phi) is 5.05. The van der Waals surface area contributed by atoms with E-state index in [4.69, 9.17) is 4.18 Å². The van der Waals surface area contributed by atoms with Crippen molar-refractivity contribution in [1.29, 1.82) is 0 Å². The molecule has 0 aliphatic heterocycles. The molecule has 2 aromatic carbocycles. The van der Waals surface area contributed by atoms with Gasteiger partial charge in [-0.3, -0.25) is 4.79 Å². The number of amides is 1. The van der Waals surface area contributed by atoms with Gasteiger partial charge in [-0.05, 0) is 81.0 Å². The Labute approximate surface area is 154 Å². The Hall–Kier alpha value is -2.34. The van der Waals surface area contributed by atoms with Crippen molar-refractivity contribution in [2.45, 2.75) is 44.6 Å². The van der Waals surface area contributed by atoms with Crippen molar-refractivity contribution in [2.24, 2.45) is 5.92 Å². The molecule has 0 heterocycles. The van der Waals surface area contributed by atoms with Crippen molar-refractivity contribution < 1.29 is 17.4 Å². The van der Waals surface area contributed by atoms with Gasteiger partial charge < -0.3 is 9.50 Å². The minimum atomic E-state index is -3.92. The molecule has 0 aromatic heterocycles. The maximum Gasteiger partial charge on any atom is 0.339 e. The molecule has 1 aliphatic rings. The lowest BCUT2D eigenvalue weighted by molar-refractivity contribution is 0.0936. The number of hydrogen-bond acceptors (Lipinski definition) is 4. The zero-order chi connectivity index (χ0) is 18.9. The van der Waals surface area contributed by atoms with Gasteiger partial charge in [0.25, 0.3) is 5.91 Å². The third-order valence-electron chi connectivity index (χ3n) is 4.62. The Morgan fingerprint density at radius 3 is 2.38 bits per heavy atom. The van der Waals surface area contributed by atoms with Crippen LogP contribution in [-0.4, -0.2) is 20.4 Å². The quantitative estimate of drug-likeness (QED) is 0.785. The Morgan fingerprint density at radius 2 is 1.77 bits per heavy atom. The van der Waals surface area contributed by atoms with Gasteiger partial charge in [0, 0.05) is 11.6 Å². The lowest BCUT2D eigenvalue weighted by atomic mass is 10.1. The van der Waals surface area contributed by atoms with Crippen molar-refractivity contribution in [3.05, 3.63) is 59.2 Å². The molecular weight excluding hydrogens is 350 g/mol. The van der Waals surface area contributed by atoms with E-state index in [1.807, 2.05) is 19.9 Å². The van der Waals surface area contributed by atoms with Crippen LogP contribution in [0.3, 0.4) is 0 Å². The van der Waals surface area contributed by atoms with Crippen LogP contribution in [0.15, 0.2) is 47.4 Å². The van der Waals surface area contributed by atoms with Gasteiger partial charge in [-0.15, -0.1) is 0 Å². The van der Waals surface area contributed by atoms with E-state index in [0.29, 0.717) is 17.0 Å². The molecule has 1 fully saturated rings. The van der Waals surface area contributed by atoms with Crippen LogP contribution in [0.4, 0.5) is 0 Å². The molecule has 1 atom stereocenters. The van der Waals surface area contributed by atoms with Gasteiger partial charge in [-0.2, -0.15) is 8.42 Å². The first-order chi connectivity index (χ1) is 12.3. The third-order valence-corrected chi connectivity index (χ3v) is 6.01. The van der Waals surface area contributed by atoms with Crippen LogP contribution >= 0.6 is 0 Å². The molecule has 3 rings (SSSR count). The fraction of sp³-hybridized carbons (Fsp3) is 0.350. The van der Waals surface area contributed by atoms with E-state index < -0.39 is 10.1 Å². The average Bonchev–Trinajstić information content (AvgIpc) is 3.42. The van der Waals surface area contributed by atoms with Crippen molar-refractivity contribution in [3.8, 4) is 5.75 Å². The van der Waals surface area contributed by atoms with E-state index in [0.717, 1.165) is 18.4 Å². The van der Waals surface area contributed by atoms with Gasteiger partial charge >= 0.3 is 10.1 Å². The number of hydrogen-bond donors (Lipinski definition) is 1. The molecule has 1 N–H and O–H groups in total. The van der Waals surface area contributed by atoms with Crippen LogP contribution < -0.4 is 9.50 Å². The van der Waals surface area contributed by atoms with Gasteiger partial charge in [0.2, 0.25) is 0 Å². The van der Waals surface area contributed by atoms with Crippen molar-refractivity contribution in [3.63, 3.8) is 0 Å². The molecule has 1 amide bonds. The topological polar surface area (TPSA) is 72.5 Å². The molecule has 1 saturated carbocycles. The summed E-state index contributed by atoms with van der Waals surface area (Å²) in [5, 5.41) is 2.97. The standard InChI is InChI=1S/C20H23NO4S/c1-13-4-5-14(2)19(12-13)26(23,24)25-18-10-8-17(9-11-18)20(22)21-15(3)16-6-7-16/h4-5,8-12,15-16H,6-7H2,1-3H3,(H,21,22). The van der Waals surface area contributed by atoms with Gasteiger partial charge in [-0.25, -0.2) is 0 Å². The van der Waals surface area contributed by atoms with Crippen LogP contribution in [0.25, 0.3) is 0 Å². The van der Waals surface area contributed by atoms with E-state index in [1.165, 1.54) is 12.1 Å². The maximum absolute atomic E-state index is 12.5. The zero-order valence-corrected chi connectivity index (χ0v) is 16.0. The van der Waals surface area contributed by atoms with E-state index in [2.05, 4.69) is 5.32 Å². The van der Waals surface area contributed by atoms with Crippen molar-refractivity contribution in [2.75, 3.05) is 0 Å². The first-order valence-corrected chi connectivity index (χ1v) is 10.1. The number of rotatable bonds is 6. The van der Waals surface area contributed by atoms with E-state index >= 15 is 0 Å².